The molecule has 0 fully saturated rings. The van der Waals surface area contributed by atoms with Gasteiger partial charge in [-0.05, 0) is 24.3 Å². The summed E-state index contributed by atoms with van der Waals surface area (Å²) in [5, 5.41) is 12.4. The maximum atomic E-state index is 13.6. The van der Waals surface area contributed by atoms with Crippen LogP contribution in [0.5, 0.6) is 0 Å². The Morgan fingerprint density at radius 3 is 2.47 bits per heavy atom. The molecule has 2 heterocycles. The third-order valence-electron chi connectivity index (χ3n) is 5.05. The molecular weight excluding hydrogens is 456 g/mol. The molecule has 172 valence electrons. The minimum atomic E-state index is -3.67. The summed E-state index contributed by atoms with van der Waals surface area (Å²) in [6, 6.07) is 15.3. The normalized spacial score (nSPS) is 11.3. The van der Waals surface area contributed by atoms with Crippen molar-refractivity contribution in [2.45, 2.75) is 11.3 Å². The van der Waals surface area contributed by atoms with E-state index in [0.29, 0.717) is 11.5 Å². The van der Waals surface area contributed by atoms with Crippen molar-refractivity contribution in [1.29, 1.82) is 5.26 Å². The number of hydrogen-bond donors (Lipinski definition) is 3. The fourth-order valence-corrected chi connectivity index (χ4v) is 4.48. The van der Waals surface area contributed by atoms with Crippen molar-refractivity contribution in [2.75, 3.05) is 29.6 Å². The van der Waals surface area contributed by atoms with Crippen LogP contribution in [-0.2, 0) is 16.3 Å². The Kier molecular flexibility index (Phi) is 5.87. The molecule has 0 saturated heterocycles. The molecule has 0 radical (unpaired) electrons. The maximum absolute atomic E-state index is 13.6. The van der Waals surface area contributed by atoms with E-state index in [4.69, 9.17) is 11.5 Å². The Hall–Kier alpha value is -4.50. The van der Waals surface area contributed by atoms with Gasteiger partial charge in [0.25, 0.3) is 5.56 Å². The number of fused-ring (bicyclic) bond motifs is 1. The van der Waals surface area contributed by atoms with Gasteiger partial charge in [-0.3, -0.25) is 9.36 Å². The van der Waals surface area contributed by atoms with Crippen molar-refractivity contribution in [3.63, 3.8) is 0 Å². The molecule has 11 nitrogen and oxygen atoms in total. The zero-order chi connectivity index (χ0) is 24.5. The van der Waals surface area contributed by atoms with E-state index >= 15 is 0 Å². The number of nitrogens with one attached hydrogen (secondary N) is 1. The van der Waals surface area contributed by atoms with E-state index in [-0.39, 0.29) is 51.9 Å². The third-order valence-corrected chi connectivity index (χ3v) is 6.19. The fourth-order valence-electron chi connectivity index (χ4n) is 3.59. The van der Waals surface area contributed by atoms with E-state index in [0.717, 1.165) is 6.26 Å². The first-order valence-corrected chi connectivity index (χ1v) is 12.0. The molecule has 4 aromatic rings. The lowest BCUT2D eigenvalue weighted by Gasteiger charge is -2.15. The summed E-state index contributed by atoms with van der Waals surface area (Å²) in [6.45, 7) is 0.223. The molecule has 5 N–H and O–H groups in total. The Morgan fingerprint density at radius 2 is 1.79 bits per heavy atom. The number of para-hydroxylation sites is 1. The second-order valence-corrected chi connectivity index (χ2v) is 9.39. The number of hydrogen-bond acceptors (Lipinski definition) is 10. The molecule has 0 spiro atoms. The largest absolute Gasteiger partial charge is 0.382 e. The summed E-state index contributed by atoms with van der Waals surface area (Å²) in [7, 11) is -3.67. The van der Waals surface area contributed by atoms with E-state index in [1.54, 1.807) is 42.5 Å². The summed E-state index contributed by atoms with van der Waals surface area (Å²) in [5.74, 6) is 0.421. The first-order chi connectivity index (χ1) is 16.2. The summed E-state index contributed by atoms with van der Waals surface area (Å²) >= 11 is 0. The third kappa shape index (κ3) is 4.24. The van der Waals surface area contributed by atoms with Gasteiger partial charge in [0.2, 0.25) is 5.95 Å². The maximum Gasteiger partial charge on any atom is 0.267 e. The second kappa shape index (κ2) is 8.80. The molecule has 2 aromatic heterocycles. The lowest BCUT2D eigenvalue weighted by molar-refractivity contribution is 0.602. The summed E-state index contributed by atoms with van der Waals surface area (Å²) < 4.78 is 26.0. The molecule has 0 bridgehead atoms. The van der Waals surface area contributed by atoms with Crippen molar-refractivity contribution in [3.8, 4) is 11.8 Å². The van der Waals surface area contributed by atoms with Crippen LogP contribution in [0.4, 0.5) is 17.6 Å². The SMILES string of the molecule is CS(=O)(=O)c1cccc2nc(CCNc3nc(N)nc(N)c3C#N)n(-c3ccccc3)c(=O)c12. The van der Waals surface area contributed by atoms with E-state index in [1.165, 1.54) is 10.6 Å². The van der Waals surface area contributed by atoms with Crippen LogP contribution in [0.1, 0.15) is 11.4 Å². The van der Waals surface area contributed by atoms with Gasteiger partial charge in [-0.15, -0.1) is 0 Å². The minimum Gasteiger partial charge on any atom is -0.382 e. The van der Waals surface area contributed by atoms with E-state index in [1.807, 2.05) is 6.07 Å². The summed E-state index contributed by atoms with van der Waals surface area (Å²) in [6.07, 6.45) is 1.29. The van der Waals surface area contributed by atoms with Crippen molar-refractivity contribution < 1.29 is 8.42 Å². The molecule has 34 heavy (non-hydrogen) atoms. The number of nitrogens with two attached hydrogens (primary N) is 2. The number of sulfone groups is 1. The van der Waals surface area contributed by atoms with E-state index in [9.17, 15) is 18.5 Å². The molecule has 12 heteroatoms. The minimum absolute atomic E-state index is 0.0219. The molecule has 0 aliphatic carbocycles. The van der Waals surface area contributed by atoms with Crippen LogP contribution >= 0.6 is 0 Å². The first-order valence-electron chi connectivity index (χ1n) is 10.1. The zero-order valence-electron chi connectivity index (χ0n) is 18.1. The molecule has 0 amide bonds. The molecule has 0 aliphatic rings. The summed E-state index contributed by atoms with van der Waals surface area (Å²) in [4.78, 5) is 25.9. The van der Waals surface area contributed by atoms with Crippen molar-refractivity contribution in [1.82, 2.24) is 19.5 Å². The van der Waals surface area contributed by atoms with Gasteiger partial charge in [-0.2, -0.15) is 15.2 Å². The standard InChI is InChI=1S/C22H20N8O3S/c1-34(32,33)16-9-5-8-15-18(16)21(31)30(13-6-3-2-4-7-13)17(27-15)10-11-26-20-14(12-23)19(24)28-22(25)29-20/h2-9H,10-11H2,1H3,(H5,24,25,26,28,29). The van der Waals surface area contributed by atoms with Crippen LogP contribution in [0.15, 0.2) is 58.2 Å². The number of rotatable bonds is 6. The van der Waals surface area contributed by atoms with Crippen molar-refractivity contribution in [2.24, 2.45) is 0 Å². The lowest BCUT2D eigenvalue weighted by atomic mass is 10.2. The van der Waals surface area contributed by atoms with Crippen LogP contribution in [0.2, 0.25) is 0 Å². The smallest absolute Gasteiger partial charge is 0.267 e. The van der Waals surface area contributed by atoms with Crippen LogP contribution < -0.4 is 22.3 Å². The van der Waals surface area contributed by atoms with E-state index in [2.05, 4.69) is 20.3 Å². The Morgan fingerprint density at radius 1 is 1.06 bits per heavy atom. The van der Waals surface area contributed by atoms with Gasteiger partial charge in [0.05, 0.1) is 21.5 Å². The van der Waals surface area contributed by atoms with Gasteiger partial charge in [0, 0.05) is 19.2 Å². The highest BCUT2D eigenvalue weighted by Crippen LogP contribution is 2.22. The number of benzene rings is 2. The quantitative estimate of drug-likeness (QED) is 0.366. The van der Waals surface area contributed by atoms with Crippen LogP contribution in [0.25, 0.3) is 16.6 Å². The Labute approximate surface area is 194 Å². The van der Waals surface area contributed by atoms with Crippen molar-refractivity contribution >= 4 is 38.3 Å². The molecule has 2 aromatic carbocycles. The van der Waals surface area contributed by atoms with Gasteiger partial charge < -0.3 is 16.8 Å². The molecule has 0 saturated carbocycles. The van der Waals surface area contributed by atoms with Crippen LogP contribution in [0, 0.1) is 11.3 Å². The summed E-state index contributed by atoms with van der Waals surface area (Å²) in [5.41, 5.74) is 11.7. The fraction of sp³-hybridized carbons (Fsp3) is 0.136. The Balaban J connectivity index is 1.82. The highest BCUT2D eigenvalue weighted by atomic mass is 32.2. The molecule has 0 unspecified atom stereocenters. The molecular formula is C22H20N8O3S. The van der Waals surface area contributed by atoms with Gasteiger partial charge >= 0.3 is 0 Å². The number of nitriles is 1. The zero-order valence-corrected chi connectivity index (χ0v) is 18.9. The lowest BCUT2D eigenvalue weighted by Crippen LogP contribution is -2.26. The van der Waals surface area contributed by atoms with Crippen molar-refractivity contribution in [3.05, 3.63) is 70.3 Å². The van der Waals surface area contributed by atoms with Gasteiger partial charge in [0.15, 0.2) is 15.7 Å². The highest BCUT2D eigenvalue weighted by Gasteiger charge is 2.20. The molecule has 0 atom stereocenters. The van der Waals surface area contributed by atoms with Gasteiger partial charge in [-0.25, -0.2) is 13.4 Å². The van der Waals surface area contributed by atoms with Gasteiger partial charge in [-0.1, -0.05) is 24.3 Å². The van der Waals surface area contributed by atoms with Gasteiger partial charge in [0.1, 0.15) is 23.3 Å². The van der Waals surface area contributed by atoms with E-state index < -0.39 is 15.4 Å². The number of anilines is 3. The topological polar surface area (TPSA) is 183 Å². The Bertz CT molecular complexity index is 1610. The monoisotopic (exact) mass is 476 g/mol. The average molecular weight is 477 g/mol. The molecule has 0 aliphatic heterocycles. The predicted octanol–water partition coefficient (Wildman–Crippen LogP) is 1.27. The second-order valence-electron chi connectivity index (χ2n) is 7.41. The molecule has 4 rings (SSSR count). The number of nitrogens with zero attached hydrogens (tertiary/aromatic N) is 5. The highest BCUT2D eigenvalue weighted by molar-refractivity contribution is 7.91. The van der Waals surface area contributed by atoms with Crippen LogP contribution in [-0.4, -0.2) is 40.7 Å². The predicted molar refractivity (Wildman–Crippen MR) is 128 cm³/mol. The average Bonchev–Trinajstić information content (AvgIpc) is 2.78. The number of nitrogen functional groups attached to an aromatic ring is 2. The van der Waals surface area contributed by atoms with Crippen LogP contribution in [0.3, 0.4) is 0 Å². The first kappa shape index (κ1) is 22.7. The number of aromatic nitrogens is 4.